The van der Waals surface area contributed by atoms with Crippen LogP contribution in [0.3, 0.4) is 0 Å². The molecule has 0 aliphatic heterocycles. The van der Waals surface area contributed by atoms with E-state index in [1.165, 1.54) is 0 Å². The van der Waals surface area contributed by atoms with Gasteiger partial charge >= 0.3 is 0 Å². The summed E-state index contributed by atoms with van der Waals surface area (Å²) in [5.41, 5.74) is 1.93. The highest BCUT2D eigenvalue weighted by Crippen LogP contribution is 2.17. The van der Waals surface area contributed by atoms with Gasteiger partial charge in [0.25, 0.3) is 0 Å². The molecular formula is C10H12BrN3S. The van der Waals surface area contributed by atoms with E-state index in [9.17, 15) is 0 Å². The molecule has 3 nitrogen and oxygen atoms in total. The van der Waals surface area contributed by atoms with Gasteiger partial charge in [-0.2, -0.15) is 0 Å². The van der Waals surface area contributed by atoms with E-state index in [1.807, 2.05) is 6.07 Å². The summed E-state index contributed by atoms with van der Waals surface area (Å²) < 4.78 is 3.78. The van der Waals surface area contributed by atoms with Gasteiger partial charge in [0, 0.05) is 17.2 Å². The van der Waals surface area contributed by atoms with E-state index in [0.717, 1.165) is 39.8 Å². The number of nitrogens with zero attached hydrogens (tertiary/aromatic N) is 2. The van der Waals surface area contributed by atoms with Gasteiger partial charge in [0.1, 0.15) is 0 Å². The van der Waals surface area contributed by atoms with Crippen LogP contribution in [-0.2, 0) is 6.54 Å². The van der Waals surface area contributed by atoms with E-state index in [0.29, 0.717) is 0 Å². The standard InChI is InChI=1S/C10H12BrN3S/c1-2-3-4-14-9-8(13-10(14)15)5-7(11)6-12-9/h5-6H,2-4H2,1H3,(H,13,15). The summed E-state index contributed by atoms with van der Waals surface area (Å²) in [6.07, 6.45) is 4.08. The molecule has 2 aromatic heterocycles. The summed E-state index contributed by atoms with van der Waals surface area (Å²) in [6.45, 7) is 3.10. The number of H-pyrrole nitrogens is 1. The highest BCUT2D eigenvalue weighted by atomic mass is 79.9. The van der Waals surface area contributed by atoms with Gasteiger partial charge in [0.05, 0.1) is 5.52 Å². The number of aromatic nitrogens is 3. The molecule has 2 rings (SSSR count). The Labute approximate surface area is 102 Å². The van der Waals surface area contributed by atoms with Crippen molar-refractivity contribution in [2.24, 2.45) is 0 Å². The fraction of sp³-hybridized carbons (Fsp3) is 0.400. The van der Waals surface area contributed by atoms with Crippen molar-refractivity contribution in [1.29, 1.82) is 0 Å². The third kappa shape index (κ3) is 2.13. The van der Waals surface area contributed by atoms with Crippen LogP contribution in [0.15, 0.2) is 16.7 Å². The molecule has 2 heterocycles. The van der Waals surface area contributed by atoms with E-state index in [4.69, 9.17) is 12.2 Å². The smallest absolute Gasteiger partial charge is 0.179 e. The van der Waals surface area contributed by atoms with Crippen LogP contribution >= 0.6 is 28.1 Å². The Balaban J connectivity index is 2.53. The van der Waals surface area contributed by atoms with Crippen molar-refractivity contribution in [3.8, 4) is 0 Å². The molecule has 2 aromatic rings. The van der Waals surface area contributed by atoms with Gasteiger partial charge in [0.15, 0.2) is 10.4 Å². The first kappa shape index (κ1) is 10.8. The first-order valence-electron chi connectivity index (χ1n) is 4.96. The Morgan fingerprint density at radius 2 is 2.40 bits per heavy atom. The minimum Gasteiger partial charge on any atom is -0.329 e. The van der Waals surface area contributed by atoms with Gasteiger partial charge < -0.3 is 9.55 Å². The largest absolute Gasteiger partial charge is 0.329 e. The SMILES string of the molecule is CCCCn1c(=S)[nH]c2cc(Br)cnc21. The third-order valence-electron chi connectivity index (χ3n) is 2.31. The topological polar surface area (TPSA) is 33.6 Å². The van der Waals surface area contributed by atoms with Crippen LogP contribution in [0.2, 0.25) is 0 Å². The third-order valence-corrected chi connectivity index (χ3v) is 3.07. The maximum atomic E-state index is 5.26. The van der Waals surface area contributed by atoms with Crippen molar-refractivity contribution in [2.45, 2.75) is 26.3 Å². The fourth-order valence-electron chi connectivity index (χ4n) is 1.54. The van der Waals surface area contributed by atoms with Crippen LogP contribution in [0.5, 0.6) is 0 Å². The number of rotatable bonds is 3. The van der Waals surface area contributed by atoms with Crippen LogP contribution in [0, 0.1) is 4.77 Å². The lowest BCUT2D eigenvalue weighted by atomic mass is 10.3. The minimum absolute atomic E-state index is 0.754. The van der Waals surface area contributed by atoms with Gasteiger partial charge in [-0.25, -0.2) is 4.98 Å². The monoisotopic (exact) mass is 285 g/mol. The first-order valence-corrected chi connectivity index (χ1v) is 6.16. The average Bonchev–Trinajstić information content (AvgIpc) is 2.50. The summed E-state index contributed by atoms with van der Waals surface area (Å²) >= 11 is 8.65. The van der Waals surface area contributed by atoms with Gasteiger partial charge in [-0.1, -0.05) is 13.3 Å². The molecule has 0 aliphatic carbocycles. The zero-order valence-electron chi connectivity index (χ0n) is 8.46. The van der Waals surface area contributed by atoms with Gasteiger partial charge in [-0.15, -0.1) is 0 Å². The fourth-order valence-corrected chi connectivity index (χ4v) is 2.16. The molecule has 0 fully saturated rings. The molecule has 0 saturated heterocycles. The van der Waals surface area contributed by atoms with Crippen molar-refractivity contribution >= 4 is 39.3 Å². The van der Waals surface area contributed by atoms with Crippen LogP contribution < -0.4 is 0 Å². The van der Waals surface area contributed by atoms with Crippen molar-refractivity contribution < 1.29 is 0 Å². The lowest BCUT2D eigenvalue weighted by Crippen LogP contribution is -1.98. The molecule has 0 saturated carbocycles. The van der Waals surface area contributed by atoms with E-state index in [2.05, 4.69) is 37.4 Å². The molecule has 0 unspecified atom stereocenters. The summed E-state index contributed by atoms with van der Waals surface area (Å²) in [5, 5.41) is 0. The van der Waals surface area contributed by atoms with Crippen LogP contribution in [-0.4, -0.2) is 14.5 Å². The summed E-state index contributed by atoms with van der Waals surface area (Å²) in [7, 11) is 0. The number of imidazole rings is 1. The lowest BCUT2D eigenvalue weighted by Gasteiger charge is -2.01. The zero-order chi connectivity index (χ0) is 10.8. The molecule has 0 bridgehead atoms. The predicted molar refractivity (Wildman–Crippen MR) is 67.5 cm³/mol. The molecule has 0 aromatic carbocycles. The number of halogens is 1. The number of aromatic amines is 1. The van der Waals surface area contributed by atoms with Crippen molar-refractivity contribution in [2.75, 3.05) is 0 Å². The maximum absolute atomic E-state index is 5.26. The predicted octanol–water partition coefficient (Wildman–Crippen LogP) is 3.66. The second-order valence-electron chi connectivity index (χ2n) is 3.46. The second-order valence-corrected chi connectivity index (χ2v) is 4.76. The Hall–Kier alpha value is -0.680. The van der Waals surface area contributed by atoms with Crippen LogP contribution in [0.4, 0.5) is 0 Å². The summed E-state index contributed by atoms with van der Waals surface area (Å²) in [5.74, 6) is 0. The Bertz CT molecular complexity index is 529. The van der Waals surface area contributed by atoms with Crippen molar-refractivity contribution in [3.63, 3.8) is 0 Å². The molecule has 1 N–H and O–H groups in total. The van der Waals surface area contributed by atoms with E-state index < -0.39 is 0 Å². The quantitative estimate of drug-likeness (QED) is 0.874. The number of fused-ring (bicyclic) bond motifs is 1. The number of unbranched alkanes of at least 4 members (excludes halogenated alkanes) is 1. The number of hydrogen-bond acceptors (Lipinski definition) is 2. The number of hydrogen-bond donors (Lipinski definition) is 1. The maximum Gasteiger partial charge on any atom is 0.179 e. The Kier molecular flexibility index (Phi) is 3.21. The average molecular weight is 286 g/mol. The zero-order valence-corrected chi connectivity index (χ0v) is 10.9. The van der Waals surface area contributed by atoms with E-state index in [-0.39, 0.29) is 0 Å². The molecule has 0 amide bonds. The number of pyridine rings is 1. The van der Waals surface area contributed by atoms with E-state index >= 15 is 0 Å². The summed E-state index contributed by atoms with van der Waals surface area (Å²) in [4.78, 5) is 7.53. The van der Waals surface area contributed by atoms with Gasteiger partial charge in [0.2, 0.25) is 0 Å². The van der Waals surface area contributed by atoms with Gasteiger partial charge in [-0.05, 0) is 40.6 Å². The number of aryl methyl sites for hydroxylation is 1. The molecule has 80 valence electrons. The Morgan fingerprint density at radius 3 is 3.13 bits per heavy atom. The highest BCUT2D eigenvalue weighted by molar-refractivity contribution is 9.10. The second kappa shape index (κ2) is 4.45. The van der Waals surface area contributed by atoms with E-state index in [1.54, 1.807) is 6.20 Å². The molecular weight excluding hydrogens is 274 g/mol. The number of nitrogens with one attached hydrogen (secondary N) is 1. The minimum atomic E-state index is 0.754. The molecule has 0 spiro atoms. The normalized spacial score (nSPS) is 11.1. The summed E-state index contributed by atoms with van der Waals surface area (Å²) in [6, 6.07) is 2.00. The molecule has 0 aliphatic rings. The van der Waals surface area contributed by atoms with Crippen molar-refractivity contribution in [1.82, 2.24) is 14.5 Å². The molecule has 0 atom stereocenters. The van der Waals surface area contributed by atoms with Crippen LogP contribution in [0.25, 0.3) is 11.2 Å². The van der Waals surface area contributed by atoms with Gasteiger partial charge in [-0.3, -0.25) is 0 Å². The molecule has 0 radical (unpaired) electrons. The molecule has 15 heavy (non-hydrogen) atoms. The highest BCUT2D eigenvalue weighted by Gasteiger charge is 2.05. The Morgan fingerprint density at radius 1 is 1.60 bits per heavy atom. The molecule has 5 heteroatoms. The first-order chi connectivity index (χ1) is 7.22. The lowest BCUT2D eigenvalue weighted by molar-refractivity contribution is 0.635. The van der Waals surface area contributed by atoms with Crippen LogP contribution in [0.1, 0.15) is 19.8 Å². The van der Waals surface area contributed by atoms with Crippen molar-refractivity contribution in [3.05, 3.63) is 21.5 Å².